The highest BCUT2D eigenvalue weighted by atomic mass is 16.7. The quantitative estimate of drug-likeness (QED) is 0.719. The smallest absolute Gasteiger partial charge is 0.399 e. The Morgan fingerprint density at radius 2 is 1.54 bits per heavy atom. The minimum Gasteiger partial charge on any atom is -0.399 e. The Labute approximate surface area is 154 Å². The molecule has 3 aromatic rings. The first-order chi connectivity index (χ1) is 12.4. The number of benzene rings is 2. The first kappa shape index (κ1) is 17.1. The van der Waals surface area contributed by atoms with Gasteiger partial charge in [-0.15, -0.1) is 0 Å². The number of rotatable bonds is 3. The van der Waals surface area contributed by atoms with E-state index in [-0.39, 0.29) is 11.2 Å². The summed E-state index contributed by atoms with van der Waals surface area (Å²) in [5.41, 5.74) is 3.14. The molecule has 0 saturated carbocycles. The molecule has 4 rings (SSSR count). The Morgan fingerprint density at radius 1 is 0.885 bits per heavy atom. The highest BCUT2D eigenvalue weighted by Gasteiger charge is 2.52. The van der Waals surface area contributed by atoms with E-state index < -0.39 is 7.12 Å². The van der Waals surface area contributed by atoms with E-state index in [1.165, 1.54) is 0 Å². The molecule has 0 radical (unpaired) electrons. The molecule has 0 aliphatic carbocycles. The lowest BCUT2D eigenvalue weighted by molar-refractivity contribution is 0.00578. The van der Waals surface area contributed by atoms with Gasteiger partial charge in [0.05, 0.1) is 28.6 Å². The normalized spacial score (nSPS) is 18.2. The van der Waals surface area contributed by atoms with Gasteiger partial charge in [0, 0.05) is 16.5 Å². The van der Waals surface area contributed by atoms with Crippen LogP contribution in [0, 0.1) is 0 Å². The molecule has 1 saturated heterocycles. The van der Waals surface area contributed by atoms with E-state index in [1.54, 1.807) is 0 Å². The second-order valence-corrected chi connectivity index (χ2v) is 7.72. The molecule has 1 fully saturated rings. The second kappa shape index (κ2) is 6.11. The van der Waals surface area contributed by atoms with E-state index in [4.69, 9.17) is 9.31 Å². The Hall–Kier alpha value is -2.37. The van der Waals surface area contributed by atoms with Crippen LogP contribution in [0.2, 0.25) is 0 Å². The van der Waals surface area contributed by atoms with Crippen LogP contribution >= 0.6 is 0 Å². The number of nitrogens with zero attached hydrogens (tertiary/aromatic N) is 1. The third kappa shape index (κ3) is 2.98. The standard InChI is InChI=1S/C21H23BN2O2/c1-20(2)21(3,4)26-22(25-20)17-10-6-8-12-19(17)24-16-13-15-9-5-7-11-18(15)23-14-16/h5-14,24H,1-4H3. The van der Waals surface area contributed by atoms with Crippen LogP contribution in [0.4, 0.5) is 11.4 Å². The van der Waals surface area contributed by atoms with Gasteiger partial charge in [-0.2, -0.15) is 0 Å². The van der Waals surface area contributed by atoms with Crippen molar-refractivity contribution in [3.63, 3.8) is 0 Å². The largest absolute Gasteiger partial charge is 0.496 e. The summed E-state index contributed by atoms with van der Waals surface area (Å²) in [5.74, 6) is 0. The second-order valence-electron chi connectivity index (χ2n) is 7.72. The van der Waals surface area contributed by atoms with Gasteiger partial charge < -0.3 is 14.6 Å². The number of nitrogens with one attached hydrogen (secondary N) is 1. The molecule has 132 valence electrons. The topological polar surface area (TPSA) is 43.4 Å². The van der Waals surface area contributed by atoms with Crippen LogP contribution in [-0.4, -0.2) is 23.3 Å². The summed E-state index contributed by atoms with van der Waals surface area (Å²) in [5, 5.41) is 4.58. The van der Waals surface area contributed by atoms with Crippen molar-refractivity contribution in [1.82, 2.24) is 4.98 Å². The first-order valence-electron chi connectivity index (χ1n) is 8.92. The Balaban J connectivity index is 1.66. The summed E-state index contributed by atoms with van der Waals surface area (Å²) in [6, 6.07) is 18.3. The highest BCUT2D eigenvalue weighted by Crippen LogP contribution is 2.37. The van der Waals surface area contributed by atoms with Crippen LogP contribution in [0.5, 0.6) is 0 Å². The maximum Gasteiger partial charge on any atom is 0.496 e. The molecule has 0 amide bonds. The summed E-state index contributed by atoms with van der Waals surface area (Å²) < 4.78 is 12.4. The van der Waals surface area contributed by atoms with E-state index >= 15 is 0 Å². The fourth-order valence-corrected chi connectivity index (χ4v) is 3.08. The molecule has 1 aliphatic heterocycles. The van der Waals surface area contributed by atoms with Crippen molar-refractivity contribution in [2.75, 3.05) is 5.32 Å². The number of para-hydroxylation sites is 2. The van der Waals surface area contributed by atoms with Crippen molar-refractivity contribution in [3.05, 3.63) is 60.8 Å². The number of aromatic nitrogens is 1. The number of fused-ring (bicyclic) bond motifs is 1. The van der Waals surface area contributed by atoms with Crippen LogP contribution in [-0.2, 0) is 9.31 Å². The van der Waals surface area contributed by atoms with Gasteiger partial charge in [-0.3, -0.25) is 4.98 Å². The Morgan fingerprint density at radius 3 is 2.31 bits per heavy atom. The van der Waals surface area contributed by atoms with E-state index in [0.29, 0.717) is 0 Å². The maximum atomic E-state index is 6.22. The molecule has 1 aromatic heterocycles. The zero-order valence-corrected chi connectivity index (χ0v) is 15.6. The molecule has 0 unspecified atom stereocenters. The lowest BCUT2D eigenvalue weighted by Crippen LogP contribution is -2.41. The van der Waals surface area contributed by atoms with E-state index in [2.05, 4.69) is 50.1 Å². The van der Waals surface area contributed by atoms with Crippen molar-refractivity contribution >= 4 is 34.9 Å². The molecule has 2 aromatic carbocycles. The third-order valence-corrected chi connectivity index (χ3v) is 5.34. The third-order valence-electron chi connectivity index (χ3n) is 5.34. The van der Waals surface area contributed by atoms with Gasteiger partial charge in [0.15, 0.2) is 0 Å². The Kier molecular flexibility index (Phi) is 4.01. The number of pyridine rings is 1. The number of hydrogen-bond acceptors (Lipinski definition) is 4. The van der Waals surface area contributed by atoms with E-state index in [9.17, 15) is 0 Å². The van der Waals surface area contributed by atoms with Crippen molar-refractivity contribution in [2.24, 2.45) is 0 Å². The molecule has 1 N–H and O–H groups in total. The molecule has 0 spiro atoms. The van der Waals surface area contributed by atoms with Gasteiger partial charge >= 0.3 is 7.12 Å². The highest BCUT2D eigenvalue weighted by molar-refractivity contribution is 6.64. The van der Waals surface area contributed by atoms with Gasteiger partial charge in [0.1, 0.15) is 0 Å². The maximum absolute atomic E-state index is 6.22. The minimum absolute atomic E-state index is 0.366. The molecule has 2 heterocycles. The fraction of sp³-hybridized carbons (Fsp3) is 0.286. The molecular weight excluding hydrogens is 323 g/mol. The lowest BCUT2D eigenvalue weighted by atomic mass is 9.78. The van der Waals surface area contributed by atoms with Crippen LogP contribution in [0.25, 0.3) is 10.9 Å². The van der Waals surface area contributed by atoms with Gasteiger partial charge in [-0.25, -0.2) is 0 Å². The summed E-state index contributed by atoms with van der Waals surface area (Å²) in [4.78, 5) is 4.53. The number of anilines is 2. The average molecular weight is 346 g/mol. The zero-order chi connectivity index (χ0) is 18.4. The summed E-state index contributed by atoms with van der Waals surface area (Å²) >= 11 is 0. The predicted molar refractivity (Wildman–Crippen MR) is 107 cm³/mol. The van der Waals surface area contributed by atoms with E-state index in [0.717, 1.165) is 27.7 Å². The van der Waals surface area contributed by atoms with Gasteiger partial charge in [-0.05, 0) is 45.9 Å². The molecule has 0 atom stereocenters. The summed E-state index contributed by atoms with van der Waals surface area (Å²) in [7, 11) is -0.405. The minimum atomic E-state index is -0.405. The number of hydrogen-bond donors (Lipinski definition) is 1. The van der Waals surface area contributed by atoms with Crippen molar-refractivity contribution in [1.29, 1.82) is 0 Å². The van der Waals surface area contributed by atoms with Crippen molar-refractivity contribution in [2.45, 2.75) is 38.9 Å². The Bertz CT molecular complexity index is 939. The van der Waals surface area contributed by atoms with Crippen LogP contribution < -0.4 is 10.8 Å². The predicted octanol–water partition coefficient (Wildman–Crippen LogP) is 4.28. The molecule has 26 heavy (non-hydrogen) atoms. The molecule has 0 bridgehead atoms. The summed E-state index contributed by atoms with van der Waals surface area (Å²) in [6.07, 6.45) is 1.85. The van der Waals surface area contributed by atoms with Crippen molar-refractivity contribution in [3.8, 4) is 0 Å². The fourth-order valence-electron chi connectivity index (χ4n) is 3.08. The van der Waals surface area contributed by atoms with Crippen LogP contribution in [0.3, 0.4) is 0 Å². The average Bonchev–Trinajstić information content (AvgIpc) is 2.83. The molecule has 4 nitrogen and oxygen atoms in total. The van der Waals surface area contributed by atoms with Gasteiger partial charge in [-0.1, -0.05) is 36.4 Å². The van der Waals surface area contributed by atoms with Gasteiger partial charge in [0.2, 0.25) is 0 Å². The first-order valence-corrected chi connectivity index (χ1v) is 8.92. The molecule has 1 aliphatic rings. The summed E-state index contributed by atoms with van der Waals surface area (Å²) in [6.45, 7) is 8.26. The van der Waals surface area contributed by atoms with Crippen molar-refractivity contribution < 1.29 is 9.31 Å². The monoisotopic (exact) mass is 346 g/mol. The van der Waals surface area contributed by atoms with Crippen LogP contribution in [0.1, 0.15) is 27.7 Å². The molecule has 5 heteroatoms. The van der Waals surface area contributed by atoms with E-state index in [1.807, 2.05) is 48.7 Å². The molecular formula is C21H23BN2O2. The SMILES string of the molecule is CC1(C)OB(c2ccccc2Nc2cnc3ccccc3c2)OC1(C)C. The van der Waals surface area contributed by atoms with Crippen LogP contribution in [0.15, 0.2) is 60.8 Å². The zero-order valence-electron chi connectivity index (χ0n) is 15.6. The lowest BCUT2D eigenvalue weighted by Gasteiger charge is -2.32. The van der Waals surface area contributed by atoms with Gasteiger partial charge in [0.25, 0.3) is 0 Å².